The second kappa shape index (κ2) is 8.72. The Morgan fingerprint density at radius 1 is 1.09 bits per heavy atom. The van der Waals surface area contributed by atoms with Gasteiger partial charge < -0.3 is 14.7 Å². The van der Waals surface area contributed by atoms with Gasteiger partial charge in [-0.25, -0.2) is 4.98 Å². The summed E-state index contributed by atoms with van der Waals surface area (Å²) in [4.78, 5) is 20.7. The van der Waals surface area contributed by atoms with Crippen LogP contribution in [0.15, 0.2) is 76.5 Å². The van der Waals surface area contributed by atoms with E-state index in [1.54, 1.807) is 6.26 Å². The Morgan fingerprint density at radius 3 is 2.75 bits per heavy atom. The van der Waals surface area contributed by atoms with Crippen molar-refractivity contribution >= 4 is 34.4 Å². The number of furan rings is 1. The summed E-state index contributed by atoms with van der Waals surface area (Å²) < 4.78 is 7.37. The molecule has 0 bridgehead atoms. The molecule has 0 saturated carbocycles. The van der Waals surface area contributed by atoms with Crippen molar-refractivity contribution in [3.8, 4) is 23.0 Å². The Bertz CT molecular complexity index is 1340. The summed E-state index contributed by atoms with van der Waals surface area (Å²) in [6.45, 7) is 2.67. The lowest BCUT2D eigenvalue weighted by molar-refractivity contribution is -0.113. The van der Waals surface area contributed by atoms with Crippen LogP contribution in [-0.4, -0.2) is 36.4 Å². The first-order valence-corrected chi connectivity index (χ1v) is 11.2. The van der Waals surface area contributed by atoms with E-state index in [0.29, 0.717) is 34.8 Å². The molecule has 0 fully saturated rings. The van der Waals surface area contributed by atoms with Crippen molar-refractivity contribution < 1.29 is 9.21 Å². The molecule has 3 heterocycles. The number of fused-ring (bicyclic) bond motifs is 1. The minimum Gasteiger partial charge on any atom is -0.461 e. The van der Waals surface area contributed by atoms with Gasteiger partial charge in [-0.15, -0.1) is 10.2 Å². The maximum atomic E-state index is 12.7. The maximum absolute atomic E-state index is 12.7. The molecule has 5 aromatic rings. The number of nitrogens with zero attached hydrogens (tertiary/aromatic N) is 4. The summed E-state index contributed by atoms with van der Waals surface area (Å²) in [6.07, 6.45) is 1.60. The molecule has 5 rings (SSSR count). The first kappa shape index (κ1) is 20.1. The molecular weight excluding hydrogens is 424 g/mol. The zero-order valence-corrected chi connectivity index (χ0v) is 18.1. The summed E-state index contributed by atoms with van der Waals surface area (Å²) >= 11 is 1.33. The molecule has 0 spiro atoms. The standard InChI is InChI=1S/C23H20N6O2S/c1-2-29-22(19-12-7-13-31-19)27-28-23(29)32-14-20(30)24-16-9-4-3-8-15(16)21-25-17-10-5-6-11-18(17)26-21/h3-13H,2,14H2,1H3,(H,24,30)(H,25,26). The van der Waals surface area contributed by atoms with E-state index in [0.717, 1.165) is 16.6 Å². The van der Waals surface area contributed by atoms with E-state index in [1.165, 1.54) is 11.8 Å². The first-order valence-electron chi connectivity index (χ1n) is 10.2. The summed E-state index contributed by atoms with van der Waals surface area (Å²) in [5.41, 5.74) is 3.36. The molecule has 2 aromatic carbocycles. The number of benzene rings is 2. The number of hydrogen-bond donors (Lipinski definition) is 2. The number of aromatic nitrogens is 5. The molecule has 0 aliphatic heterocycles. The number of nitrogens with one attached hydrogen (secondary N) is 2. The molecule has 0 aliphatic rings. The van der Waals surface area contributed by atoms with Crippen molar-refractivity contribution in [3.63, 3.8) is 0 Å². The summed E-state index contributed by atoms with van der Waals surface area (Å²) in [5, 5.41) is 12.1. The largest absolute Gasteiger partial charge is 0.461 e. The molecule has 8 nitrogen and oxygen atoms in total. The summed E-state index contributed by atoms with van der Waals surface area (Å²) in [6, 6.07) is 19.1. The topological polar surface area (TPSA) is 102 Å². The van der Waals surface area contributed by atoms with E-state index in [4.69, 9.17) is 4.42 Å². The number of para-hydroxylation sites is 3. The van der Waals surface area contributed by atoms with Crippen LogP contribution in [0, 0.1) is 0 Å². The van der Waals surface area contributed by atoms with Gasteiger partial charge in [0.25, 0.3) is 0 Å². The number of H-pyrrole nitrogens is 1. The minimum absolute atomic E-state index is 0.135. The maximum Gasteiger partial charge on any atom is 0.234 e. The van der Waals surface area contributed by atoms with E-state index in [2.05, 4.69) is 25.5 Å². The monoisotopic (exact) mass is 444 g/mol. The highest BCUT2D eigenvalue weighted by atomic mass is 32.2. The number of aromatic amines is 1. The number of imidazole rings is 1. The van der Waals surface area contributed by atoms with Crippen LogP contribution in [-0.2, 0) is 11.3 Å². The van der Waals surface area contributed by atoms with Crippen LogP contribution in [0.4, 0.5) is 5.69 Å². The lowest BCUT2D eigenvalue weighted by Crippen LogP contribution is -2.15. The van der Waals surface area contributed by atoms with Crippen molar-refractivity contribution in [2.75, 3.05) is 11.1 Å². The Morgan fingerprint density at radius 2 is 1.94 bits per heavy atom. The molecule has 0 radical (unpaired) electrons. The smallest absolute Gasteiger partial charge is 0.234 e. The fourth-order valence-electron chi connectivity index (χ4n) is 3.46. The van der Waals surface area contributed by atoms with Crippen LogP contribution < -0.4 is 5.32 Å². The van der Waals surface area contributed by atoms with Crippen LogP contribution in [0.5, 0.6) is 0 Å². The number of carbonyl (C=O) groups excluding carboxylic acids is 1. The first-order chi connectivity index (χ1) is 15.7. The summed E-state index contributed by atoms with van der Waals surface area (Å²) in [7, 11) is 0. The number of thioether (sulfide) groups is 1. The van der Waals surface area contributed by atoms with Gasteiger partial charge in [-0.2, -0.15) is 0 Å². The fourth-order valence-corrected chi connectivity index (χ4v) is 4.27. The highest BCUT2D eigenvalue weighted by Crippen LogP contribution is 2.28. The number of amides is 1. The van der Waals surface area contributed by atoms with Gasteiger partial charge in [-0.1, -0.05) is 36.0 Å². The third-order valence-corrected chi connectivity index (χ3v) is 5.92. The van der Waals surface area contributed by atoms with Crippen molar-refractivity contribution in [3.05, 3.63) is 66.9 Å². The lowest BCUT2D eigenvalue weighted by Gasteiger charge is -2.10. The van der Waals surface area contributed by atoms with E-state index < -0.39 is 0 Å². The molecule has 3 aromatic heterocycles. The molecule has 1 amide bonds. The Kier molecular flexibility index (Phi) is 5.47. The van der Waals surface area contributed by atoms with Crippen LogP contribution in [0.3, 0.4) is 0 Å². The number of rotatable bonds is 7. The average molecular weight is 445 g/mol. The average Bonchev–Trinajstić information content (AvgIpc) is 3.56. The van der Waals surface area contributed by atoms with Crippen LogP contribution in [0.2, 0.25) is 0 Å². The number of carbonyl (C=O) groups is 1. The molecule has 2 N–H and O–H groups in total. The zero-order valence-electron chi connectivity index (χ0n) is 17.3. The molecule has 160 valence electrons. The second-order valence-electron chi connectivity index (χ2n) is 7.01. The van der Waals surface area contributed by atoms with E-state index in [9.17, 15) is 4.79 Å². The second-order valence-corrected chi connectivity index (χ2v) is 7.96. The predicted octanol–water partition coefficient (Wildman–Crippen LogP) is 4.83. The molecular formula is C23H20N6O2S. The third-order valence-electron chi connectivity index (χ3n) is 4.95. The Labute approximate surface area is 188 Å². The minimum atomic E-state index is -0.135. The van der Waals surface area contributed by atoms with Crippen LogP contribution in [0.25, 0.3) is 34.0 Å². The fraction of sp³-hybridized carbons (Fsp3) is 0.130. The van der Waals surface area contributed by atoms with E-state index >= 15 is 0 Å². The predicted molar refractivity (Wildman–Crippen MR) is 124 cm³/mol. The van der Waals surface area contributed by atoms with Gasteiger partial charge in [0.05, 0.1) is 28.7 Å². The Hall–Kier alpha value is -3.85. The zero-order chi connectivity index (χ0) is 21.9. The van der Waals surface area contributed by atoms with Gasteiger partial charge in [0, 0.05) is 12.1 Å². The van der Waals surface area contributed by atoms with Gasteiger partial charge in [-0.05, 0) is 43.3 Å². The van der Waals surface area contributed by atoms with Crippen molar-refractivity contribution in [1.29, 1.82) is 0 Å². The molecule has 0 unspecified atom stereocenters. The number of hydrogen-bond acceptors (Lipinski definition) is 6. The van der Waals surface area contributed by atoms with Gasteiger partial charge in [0.1, 0.15) is 5.82 Å². The SMILES string of the molecule is CCn1c(SCC(=O)Nc2ccccc2-c2nc3ccccc3[nH]2)nnc1-c1ccco1. The highest BCUT2D eigenvalue weighted by Gasteiger charge is 2.17. The lowest BCUT2D eigenvalue weighted by atomic mass is 10.1. The van der Waals surface area contributed by atoms with E-state index in [-0.39, 0.29) is 11.7 Å². The van der Waals surface area contributed by atoms with Gasteiger partial charge >= 0.3 is 0 Å². The summed E-state index contributed by atoms with van der Waals surface area (Å²) in [5.74, 6) is 2.07. The molecule has 0 saturated heterocycles. The molecule has 32 heavy (non-hydrogen) atoms. The quantitative estimate of drug-likeness (QED) is 0.349. The van der Waals surface area contributed by atoms with Crippen LogP contribution in [0.1, 0.15) is 6.92 Å². The van der Waals surface area contributed by atoms with Gasteiger partial charge in [-0.3, -0.25) is 9.36 Å². The van der Waals surface area contributed by atoms with E-state index in [1.807, 2.05) is 72.2 Å². The van der Waals surface area contributed by atoms with Crippen molar-refractivity contribution in [2.24, 2.45) is 0 Å². The van der Waals surface area contributed by atoms with Crippen molar-refractivity contribution in [2.45, 2.75) is 18.6 Å². The van der Waals surface area contributed by atoms with Gasteiger partial charge in [0.2, 0.25) is 5.91 Å². The van der Waals surface area contributed by atoms with Crippen molar-refractivity contribution in [1.82, 2.24) is 24.7 Å². The molecule has 9 heteroatoms. The third kappa shape index (κ3) is 3.90. The Balaban J connectivity index is 1.31. The normalized spacial score (nSPS) is 11.2. The molecule has 0 atom stereocenters. The highest BCUT2D eigenvalue weighted by molar-refractivity contribution is 7.99. The van der Waals surface area contributed by atoms with Crippen LogP contribution >= 0.6 is 11.8 Å². The molecule has 0 aliphatic carbocycles. The number of anilines is 1. The van der Waals surface area contributed by atoms with Gasteiger partial charge in [0.15, 0.2) is 16.7 Å².